The van der Waals surface area contributed by atoms with E-state index in [-0.39, 0.29) is 13.2 Å². The Labute approximate surface area is 190 Å². The summed E-state index contributed by atoms with van der Waals surface area (Å²) in [5.41, 5.74) is 0. The number of unbranched alkanes of at least 4 members (excludes halogenated alkanes) is 9. The quantitative estimate of drug-likeness (QED) is 0.126. The molecule has 31 heavy (non-hydrogen) atoms. The third-order valence-electron chi connectivity index (χ3n) is 4.17. The van der Waals surface area contributed by atoms with Crippen molar-refractivity contribution in [2.45, 2.75) is 111 Å². The zero-order valence-electron chi connectivity index (χ0n) is 20.3. The zero-order valence-corrected chi connectivity index (χ0v) is 22.0. The average Bonchev–Trinajstić information content (AvgIpc) is 2.73. The molecule has 0 aliphatic rings. The second-order valence-electron chi connectivity index (χ2n) is 7.45. The van der Waals surface area contributed by atoms with Crippen molar-refractivity contribution >= 4 is 15.6 Å². The summed E-state index contributed by atoms with van der Waals surface area (Å²) in [6.45, 7) is 9.24. The summed E-state index contributed by atoms with van der Waals surface area (Å²) in [5, 5.41) is 0. The van der Waals surface area contributed by atoms with Gasteiger partial charge in [-0.2, -0.15) is 0 Å². The molecule has 0 spiro atoms. The fourth-order valence-corrected chi connectivity index (χ4v) is 4.13. The van der Waals surface area contributed by atoms with Crippen molar-refractivity contribution in [1.82, 2.24) is 0 Å². The first-order chi connectivity index (χ1) is 14.7. The van der Waals surface area contributed by atoms with Gasteiger partial charge in [-0.15, -0.1) is 0 Å². The lowest BCUT2D eigenvalue weighted by Crippen LogP contribution is -1.98. The van der Waals surface area contributed by atoms with Gasteiger partial charge in [-0.25, -0.2) is 9.13 Å². The fraction of sp³-hybridized carbons (Fsp3) is 1.00. The van der Waals surface area contributed by atoms with Crippen molar-refractivity contribution in [1.29, 1.82) is 0 Å². The molecule has 0 amide bonds. The maximum Gasteiger partial charge on any atom is 0.472 e. The first-order valence-electron chi connectivity index (χ1n) is 12.0. The highest BCUT2D eigenvalue weighted by atomic mass is 31.2. The molecule has 190 valence electrons. The number of phosphoric acid groups is 2. The normalized spacial score (nSPS) is 15.0. The van der Waals surface area contributed by atoms with E-state index in [4.69, 9.17) is 23.0 Å². The maximum atomic E-state index is 11.2. The predicted molar refractivity (Wildman–Crippen MR) is 126 cm³/mol. The Morgan fingerprint density at radius 2 is 0.742 bits per heavy atom. The first-order valence-corrected chi connectivity index (χ1v) is 15.0. The van der Waals surface area contributed by atoms with Gasteiger partial charge in [0.25, 0.3) is 0 Å². The summed E-state index contributed by atoms with van der Waals surface area (Å²) < 4.78 is 41.4. The van der Waals surface area contributed by atoms with Gasteiger partial charge in [-0.3, -0.25) is 18.1 Å². The number of rotatable bonds is 21. The van der Waals surface area contributed by atoms with Gasteiger partial charge >= 0.3 is 15.6 Å². The number of hydrogen-bond acceptors (Lipinski definition) is 6. The monoisotopic (exact) mass is 490 g/mol. The molecule has 2 N–H and O–H groups in total. The second kappa shape index (κ2) is 23.4. The van der Waals surface area contributed by atoms with Crippen LogP contribution in [-0.4, -0.2) is 36.2 Å². The smallest absolute Gasteiger partial charge is 0.302 e. The molecular weight excluding hydrogens is 442 g/mol. The van der Waals surface area contributed by atoms with E-state index in [2.05, 4.69) is 13.8 Å². The molecule has 0 aromatic rings. The molecule has 0 aliphatic carbocycles. The van der Waals surface area contributed by atoms with E-state index in [1.165, 1.54) is 38.5 Å². The van der Waals surface area contributed by atoms with E-state index in [9.17, 15) is 14.0 Å². The first kappa shape index (κ1) is 33.4. The molecule has 0 bridgehead atoms. The fourth-order valence-electron chi connectivity index (χ4n) is 2.44. The topological polar surface area (TPSA) is 112 Å². The highest BCUT2D eigenvalue weighted by molar-refractivity contribution is 7.47. The van der Waals surface area contributed by atoms with Crippen LogP contribution < -0.4 is 0 Å². The molecule has 2 atom stereocenters. The van der Waals surface area contributed by atoms with Crippen molar-refractivity contribution in [3.63, 3.8) is 0 Å². The van der Waals surface area contributed by atoms with Crippen LogP contribution in [0.4, 0.5) is 0 Å². The van der Waals surface area contributed by atoms with Gasteiger partial charge in [0.05, 0.1) is 26.4 Å². The van der Waals surface area contributed by atoms with Crippen LogP contribution in [0.15, 0.2) is 0 Å². The molecule has 0 saturated heterocycles. The van der Waals surface area contributed by atoms with E-state index in [0.717, 1.165) is 32.1 Å². The Kier molecular flexibility index (Phi) is 25.2. The molecule has 0 saturated carbocycles. The molecule has 2 unspecified atom stereocenters. The van der Waals surface area contributed by atoms with Gasteiger partial charge < -0.3 is 9.79 Å². The zero-order chi connectivity index (χ0) is 23.8. The van der Waals surface area contributed by atoms with E-state index in [1.807, 2.05) is 13.8 Å². The van der Waals surface area contributed by atoms with Gasteiger partial charge in [0.15, 0.2) is 0 Å². The standard InChI is InChI=1S/C11H25O4P.C10H23O4P/c1-3-5-6-7-8-9-11-15-16(12,13)14-10-4-2;1-3-5-6-7-8-10-14-15(11,12)13-9-4-2/h3-11H2,1-2H3,(H,12,13);3-10H2,1-2H3,(H,11,12). The average molecular weight is 491 g/mol. The lowest BCUT2D eigenvalue weighted by Gasteiger charge is -2.11. The van der Waals surface area contributed by atoms with Gasteiger partial charge in [-0.05, 0) is 25.7 Å². The summed E-state index contributed by atoms with van der Waals surface area (Å²) >= 11 is 0. The molecule has 8 nitrogen and oxygen atoms in total. The lowest BCUT2D eigenvalue weighted by molar-refractivity contribution is 0.146. The summed E-state index contributed by atoms with van der Waals surface area (Å²) in [6, 6.07) is 0. The Morgan fingerprint density at radius 1 is 0.452 bits per heavy atom. The molecule has 0 aliphatic heterocycles. The van der Waals surface area contributed by atoms with Crippen LogP contribution in [0.5, 0.6) is 0 Å². The summed E-state index contributed by atoms with van der Waals surface area (Å²) in [6.07, 6.45) is 13.6. The number of phosphoric ester groups is 2. The number of hydrogen-bond donors (Lipinski definition) is 2. The Bertz CT molecular complexity index is 463. The van der Waals surface area contributed by atoms with Gasteiger partial charge in [0.1, 0.15) is 0 Å². The lowest BCUT2D eigenvalue weighted by atomic mass is 10.1. The molecule has 0 rings (SSSR count). The van der Waals surface area contributed by atoms with E-state index < -0.39 is 15.6 Å². The second-order valence-corrected chi connectivity index (χ2v) is 10.4. The summed E-state index contributed by atoms with van der Waals surface area (Å²) in [7, 11) is -7.54. The molecule has 0 aromatic heterocycles. The Hall–Kier alpha value is 0.220. The van der Waals surface area contributed by atoms with Crippen molar-refractivity contribution in [2.24, 2.45) is 0 Å². The minimum absolute atomic E-state index is 0.267. The minimum Gasteiger partial charge on any atom is -0.302 e. The van der Waals surface area contributed by atoms with E-state index >= 15 is 0 Å². The van der Waals surface area contributed by atoms with Crippen molar-refractivity contribution in [3.05, 3.63) is 0 Å². The largest absolute Gasteiger partial charge is 0.472 e. The summed E-state index contributed by atoms with van der Waals surface area (Å²) in [5.74, 6) is 0. The highest BCUT2D eigenvalue weighted by Gasteiger charge is 2.20. The van der Waals surface area contributed by atoms with Crippen LogP contribution in [0.25, 0.3) is 0 Å². The van der Waals surface area contributed by atoms with Crippen molar-refractivity contribution in [3.8, 4) is 0 Å². The van der Waals surface area contributed by atoms with E-state index in [0.29, 0.717) is 26.1 Å². The maximum absolute atomic E-state index is 11.2. The van der Waals surface area contributed by atoms with Crippen molar-refractivity contribution in [2.75, 3.05) is 26.4 Å². The molecule has 0 fully saturated rings. The van der Waals surface area contributed by atoms with E-state index in [1.54, 1.807) is 0 Å². The van der Waals surface area contributed by atoms with Crippen molar-refractivity contribution < 1.29 is 37.0 Å². The van der Waals surface area contributed by atoms with Gasteiger partial charge in [0, 0.05) is 0 Å². The predicted octanol–water partition coefficient (Wildman–Crippen LogP) is 7.39. The van der Waals surface area contributed by atoms with Crippen LogP contribution in [0.3, 0.4) is 0 Å². The van der Waals surface area contributed by atoms with Crippen LogP contribution in [0, 0.1) is 0 Å². The Balaban J connectivity index is 0. The summed E-state index contributed by atoms with van der Waals surface area (Å²) in [4.78, 5) is 18.4. The Morgan fingerprint density at radius 3 is 1.06 bits per heavy atom. The molecule has 10 heteroatoms. The third-order valence-corrected chi connectivity index (χ3v) is 6.21. The van der Waals surface area contributed by atoms with Crippen LogP contribution in [-0.2, 0) is 27.2 Å². The minimum atomic E-state index is -3.77. The molecular formula is C21H48O8P2. The SMILES string of the molecule is CCCCCCCCOP(=O)(O)OCCC.CCCCCCCOP(=O)(O)OCCC. The van der Waals surface area contributed by atoms with Crippen LogP contribution in [0.2, 0.25) is 0 Å². The third kappa shape index (κ3) is 28.2. The molecule has 0 heterocycles. The van der Waals surface area contributed by atoms with Gasteiger partial charge in [0.2, 0.25) is 0 Å². The molecule has 0 radical (unpaired) electrons. The van der Waals surface area contributed by atoms with Gasteiger partial charge in [-0.1, -0.05) is 85.5 Å². The van der Waals surface area contributed by atoms with Crippen LogP contribution >= 0.6 is 15.6 Å². The molecule has 0 aromatic carbocycles. The van der Waals surface area contributed by atoms with Crippen LogP contribution in [0.1, 0.15) is 111 Å². The highest BCUT2D eigenvalue weighted by Crippen LogP contribution is 2.43.